The molecule has 1 amide bonds. The lowest BCUT2D eigenvalue weighted by Gasteiger charge is -2.33. The Bertz CT molecular complexity index is 405. The monoisotopic (exact) mass is 246 g/mol. The van der Waals surface area contributed by atoms with Crippen molar-refractivity contribution in [2.75, 3.05) is 6.54 Å². The molecule has 0 spiro atoms. The molecule has 2 rings (SSSR count). The Morgan fingerprint density at radius 2 is 1.83 bits per heavy atom. The standard InChI is InChI=1S/C15H22N2O/c1-12-5-7-13(8-6-12)14(18)17-11-15(16)9-3-2-4-10-15/h5-8H,2-4,9-11,16H2,1H3,(H,17,18). The average molecular weight is 246 g/mol. The van der Waals surface area contributed by atoms with Gasteiger partial charge in [0.15, 0.2) is 0 Å². The van der Waals surface area contributed by atoms with Gasteiger partial charge in [-0.05, 0) is 31.9 Å². The Kier molecular flexibility index (Phi) is 4.02. The van der Waals surface area contributed by atoms with E-state index in [9.17, 15) is 4.79 Å². The van der Waals surface area contributed by atoms with Crippen molar-refractivity contribution in [2.24, 2.45) is 5.73 Å². The highest BCUT2D eigenvalue weighted by Gasteiger charge is 2.27. The van der Waals surface area contributed by atoms with Crippen molar-refractivity contribution in [3.8, 4) is 0 Å². The molecule has 3 heteroatoms. The van der Waals surface area contributed by atoms with Crippen LogP contribution in [0.1, 0.15) is 48.0 Å². The topological polar surface area (TPSA) is 55.1 Å². The number of carbonyl (C=O) groups excluding carboxylic acids is 1. The molecule has 1 saturated carbocycles. The Morgan fingerprint density at radius 1 is 1.22 bits per heavy atom. The Balaban J connectivity index is 1.89. The molecule has 1 aromatic carbocycles. The molecule has 18 heavy (non-hydrogen) atoms. The second kappa shape index (κ2) is 5.53. The van der Waals surface area contributed by atoms with E-state index in [-0.39, 0.29) is 11.4 Å². The highest BCUT2D eigenvalue weighted by atomic mass is 16.1. The van der Waals surface area contributed by atoms with Crippen LogP contribution in [0, 0.1) is 6.92 Å². The van der Waals surface area contributed by atoms with E-state index < -0.39 is 0 Å². The largest absolute Gasteiger partial charge is 0.350 e. The predicted octanol–water partition coefficient (Wildman–Crippen LogP) is 2.39. The zero-order valence-corrected chi connectivity index (χ0v) is 11.0. The Labute approximate surface area is 109 Å². The number of nitrogens with one attached hydrogen (secondary N) is 1. The van der Waals surface area contributed by atoms with Gasteiger partial charge in [0.05, 0.1) is 0 Å². The third-order valence-corrected chi connectivity index (χ3v) is 3.76. The van der Waals surface area contributed by atoms with Crippen LogP contribution in [0.5, 0.6) is 0 Å². The Morgan fingerprint density at radius 3 is 2.44 bits per heavy atom. The van der Waals surface area contributed by atoms with Gasteiger partial charge in [-0.15, -0.1) is 0 Å². The summed E-state index contributed by atoms with van der Waals surface area (Å²) in [5, 5.41) is 2.96. The molecule has 0 unspecified atom stereocenters. The van der Waals surface area contributed by atoms with Gasteiger partial charge in [0.1, 0.15) is 0 Å². The fourth-order valence-corrected chi connectivity index (χ4v) is 2.50. The average Bonchev–Trinajstić information content (AvgIpc) is 2.38. The number of carbonyl (C=O) groups is 1. The lowest BCUT2D eigenvalue weighted by atomic mass is 9.82. The SMILES string of the molecule is Cc1ccc(C(=O)NCC2(N)CCCCC2)cc1. The van der Waals surface area contributed by atoms with Crippen molar-refractivity contribution < 1.29 is 4.79 Å². The molecule has 0 saturated heterocycles. The van der Waals surface area contributed by atoms with Gasteiger partial charge >= 0.3 is 0 Å². The maximum absolute atomic E-state index is 12.0. The summed E-state index contributed by atoms with van der Waals surface area (Å²) in [6, 6.07) is 7.62. The lowest BCUT2D eigenvalue weighted by molar-refractivity contribution is 0.0937. The maximum Gasteiger partial charge on any atom is 0.251 e. The van der Waals surface area contributed by atoms with Gasteiger partial charge in [-0.2, -0.15) is 0 Å². The molecular formula is C15H22N2O. The molecule has 0 heterocycles. The zero-order chi connectivity index (χ0) is 13.0. The second-order valence-electron chi connectivity index (χ2n) is 5.47. The molecule has 98 valence electrons. The van der Waals surface area contributed by atoms with E-state index in [4.69, 9.17) is 5.73 Å². The van der Waals surface area contributed by atoms with Crippen molar-refractivity contribution in [2.45, 2.75) is 44.6 Å². The number of benzene rings is 1. The molecule has 1 aliphatic rings. The van der Waals surface area contributed by atoms with Gasteiger partial charge in [0.25, 0.3) is 5.91 Å². The first-order valence-corrected chi connectivity index (χ1v) is 6.73. The number of aryl methyl sites for hydroxylation is 1. The highest BCUT2D eigenvalue weighted by molar-refractivity contribution is 5.94. The molecule has 0 atom stereocenters. The minimum absolute atomic E-state index is 0.0228. The lowest BCUT2D eigenvalue weighted by Crippen LogP contribution is -2.51. The molecule has 0 bridgehead atoms. The normalized spacial score (nSPS) is 18.3. The highest BCUT2D eigenvalue weighted by Crippen LogP contribution is 2.25. The van der Waals surface area contributed by atoms with Gasteiger partial charge in [-0.1, -0.05) is 37.0 Å². The summed E-state index contributed by atoms with van der Waals surface area (Å²) in [5.74, 6) is -0.0228. The molecule has 1 aliphatic carbocycles. The minimum Gasteiger partial charge on any atom is -0.350 e. The van der Waals surface area contributed by atoms with Crippen LogP contribution >= 0.6 is 0 Å². The number of amides is 1. The van der Waals surface area contributed by atoms with Crippen molar-refractivity contribution >= 4 is 5.91 Å². The summed E-state index contributed by atoms with van der Waals surface area (Å²) < 4.78 is 0. The van der Waals surface area contributed by atoms with Gasteiger partial charge in [0.2, 0.25) is 0 Å². The first-order valence-electron chi connectivity index (χ1n) is 6.73. The number of rotatable bonds is 3. The van der Waals surface area contributed by atoms with Crippen LogP contribution in [0.2, 0.25) is 0 Å². The van der Waals surface area contributed by atoms with Crippen molar-refractivity contribution in [3.05, 3.63) is 35.4 Å². The summed E-state index contributed by atoms with van der Waals surface area (Å²) >= 11 is 0. The molecular weight excluding hydrogens is 224 g/mol. The van der Waals surface area contributed by atoms with Crippen LogP contribution < -0.4 is 11.1 Å². The van der Waals surface area contributed by atoms with E-state index in [1.54, 1.807) is 0 Å². The van der Waals surface area contributed by atoms with E-state index in [0.717, 1.165) is 18.4 Å². The van der Waals surface area contributed by atoms with Crippen LogP contribution in [0.15, 0.2) is 24.3 Å². The van der Waals surface area contributed by atoms with Crippen LogP contribution in [0.4, 0.5) is 0 Å². The van der Waals surface area contributed by atoms with Crippen LogP contribution in [0.25, 0.3) is 0 Å². The number of hydrogen-bond donors (Lipinski definition) is 2. The third-order valence-electron chi connectivity index (χ3n) is 3.76. The van der Waals surface area contributed by atoms with Crippen molar-refractivity contribution in [1.29, 1.82) is 0 Å². The van der Waals surface area contributed by atoms with E-state index in [1.165, 1.54) is 19.3 Å². The van der Waals surface area contributed by atoms with Gasteiger partial charge in [0, 0.05) is 17.6 Å². The summed E-state index contributed by atoms with van der Waals surface area (Å²) in [5.41, 5.74) is 7.97. The minimum atomic E-state index is -0.196. The quantitative estimate of drug-likeness (QED) is 0.860. The summed E-state index contributed by atoms with van der Waals surface area (Å²) in [6.07, 6.45) is 5.65. The summed E-state index contributed by atoms with van der Waals surface area (Å²) in [4.78, 5) is 12.0. The first-order chi connectivity index (χ1) is 8.59. The summed E-state index contributed by atoms with van der Waals surface area (Å²) in [7, 11) is 0. The van der Waals surface area contributed by atoms with Crippen LogP contribution in [0.3, 0.4) is 0 Å². The third kappa shape index (κ3) is 3.33. The Hall–Kier alpha value is -1.35. The van der Waals surface area contributed by atoms with E-state index in [1.807, 2.05) is 31.2 Å². The van der Waals surface area contributed by atoms with Gasteiger partial charge in [-0.3, -0.25) is 4.79 Å². The second-order valence-corrected chi connectivity index (χ2v) is 5.47. The van der Waals surface area contributed by atoms with Crippen LogP contribution in [-0.4, -0.2) is 18.0 Å². The molecule has 1 fully saturated rings. The molecule has 0 radical (unpaired) electrons. The smallest absolute Gasteiger partial charge is 0.251 e. The molecule has 3 N–H and O–H groups in total. The molecule has 1 aromatic rings. The van der Waals surface area contributed by atoms with Gasteiger partial charge in [-0.25, -0.2) is 0 Å². The molecule has 0 aliphatic heterocycles. The van der Waals surface area contributed by atoms with Gasteiger partial charge < -0.3 is 11.1 Å². The first kappa shape index (κ1) is 13.1. The predicted molar refractivity (Wildman–Crippen MR) is 73.5 cm³/mol. The fourth-order valence-electron chi connectivity index (χ4n) is 2.50. The number of nitrogens with two attached hydrogens (primary N) is 1. The van der Waals surface area contributed by atoms with E-state index >= 15 is 0 Å². The number of hydrogen-bond acceptors (Lipinski definition) is 2. The summed E-state index contributed by atoms with van der Waals surface area (Å²) in [6.45, 7) is 2.60. The van der Waals surface area contributed by atoms with Crippen molar-refractivity contribution in [3.63, 3.8) is 0 Å². The van der Waals surface area contributed by atoms with E-state index in [2.05, 4.69) is 5.32 Å². The molecule has 0 aromatic heterocycles. The maximum atomic E-state index is 12.0. The van der Waals surface area contributed by atoms with E-state index in [0.29, 0.717) is 12.1 Å². The molecule has 3 nitrogen and oxygen atoms in total. The fraction of sp³-hybridized carbons (Fsp3) is 0.533. The van der Waals surface area contributed by atoms with Crippen LogP contribution in [-0.2, 0) is 0 Å². The zero-order valence-electron chi connectivity index (χ0n) is 11.0. The van der Waals surface area contributed by atoms with Crippen molar-refractivity contribution in [1.82, 2.24) is 5.32 Å².